The number of ether oxygens (including phenoxy) is 2. The van der Waals surface area contributed by atoms with Gasteiger partial charge in [-0.15, -0.1) is 0 Å². The van der Waals surface area contributed by atoms with Gasteiger partial charge < -0.3 is 14.8 Å². The summed E-state index contributed by atoms with van der Waals surface area (Å²) >= 11 is 0. The molecule has 1 fully saturated rings. The average molecular weight is 233 g/mol. The second kappa shape index (κ2) is 4.96. The second-order valence-electron chi connectivity index (χ2n) is 4.95. The topological polar surface area (TPSA) is 30.5 Å². The molecule has 0 spiro atoms. The summed E-state index contributed by atoms with van der Waals surface area (Å²) in [5.74, 6) is 2.73. The Bertz CT molecular complexity index is 388. The summed E-state index contributed by atoms with van der Waals surface area (Å²) < 4.78 is 10.7. The van der Waals surface area contributed by atoms with Crippen LogP contribution in [-0.2, 0) is 6.54 Å². The van der Waals surface area contributed by atoms with Crippen LogP contribution in [0.3, 0.4) is 0 Å². The number of hydrogen-bond acceptors (Lipinski definition) is 3. The molecule has 1 heterocycles. The lowest BCUT2D eigenvalue weighted by Gasteiger charge is -2.25. The molecule has 1 aliphatic carbocycles. The molecule has 0 radical (unpaired) electrons. The fraction of sp³-hybridized carbons (Fsp3) is 0.571. The van der Waals surface area contributed by atoms with E-state index in [1.54, 1.807) is 0 Å². The second-order valence-corrected chi connectivity index (χ2v) is 4.95. The van der Waals surface area contributed by atoms with Crippen molar-refractivity contribution in [2.24, 2.45) is 5.92 Å². The fourth-order valence-electron chi connectivity index (χ4n) is 2.37. The molecule has 1 aromatic rings. The minimum atomic E-state index is 0.355. The molecule has 17 heavy (non-hydrogen) atoms. The van der Waals surface area contributed by atoms with Crippen molar-refractivity contribution in [3.05, 3.63) is 23.8 Å². The molecule has 1 aromatic carbocycles. The molecule has 0 unspecified atom stereocenters. The largest absolute Gasteiger partial charge is 0.454 e. The van der Waals surface area contributed by atoms with Gasteiger partial charge in [-0.1, -0.05) is 25.3 Å². The minimum Gasteiger partial charge on any atom is -0.454 e. The zero-order valence-corrected chi connectivity index (χ0v) is 10.1. The Hall–Kier alpha value is -1.22. The maximum absolute atomic E-state index is 5.36. The van der Waals surface area contributed by atoms with Crippen LogP contribution in [0.5, 0.6) is 11.5 Å². The van der Waals surface area contributed by atoms with Gasteiger partial charge in [-0.2, -0.15) is 0 Å². The van der Waals surface area contributed by atoms with Crippen LogP contribution in [0.2, 0.25) is 0 Å². The molecular weight excluding hydrogens is 214 g/mol. The van der Waals surface area contributed by atoms with Gasteiger partial charge in [0.2, 0.25) is 6.79 Å². The van der Waals surface area contributed by atoms with Gasteiger partial charge in [0.15, 0.2) is 11.5 Å². The first kappa shape index (κ1) is 10.9. The smallest absolute Gasteiger partial charge is 0.231 e. The Labute approximate surface area is 102 Å². The third kappa shape index (κ3) is 2.55. The highest BCUT2D eigenvalue weighted by Gasteiger charge is 2.16. The van der Waals surface area contributed by atoms with Crippen molar-refractivity contribution >= 4 is 0 Å². The first-order valence-electron chi connectivity index (χ1n) is 6.51. The highest BCUT2D eigenvalue weighted by molar-refractivity contribution is 5.44. The van der Waals surface area contributed by atoms with Crippen molar-refractivity contribution < 1.29 is 9.47 Å². The summed E-state index contributed by atoms with van der Waals surface area (Å²) in [6, 6.07) is 6.16. The van der Waals surface area contributed by atoms with Gasteiger partial charge in [0.05, 0.1) is 0 Å². The first-order valence-corrected chi connectivity index (χ1v) is 6.51. The summed E-state index contributed by atoms with van der Waals surface area (Å²) in [6.45, 7) is 2.40. The monoisotopic (exact) mass is 233 g/mol. The van der Waals surface area contributed by atoms with Gasteiger partial charge in [-0.25, -0.2) is 0 Å². The highest BCUT2D eigenvalue weighted by atomic mass is 16.7. The molecule has 3 heteroatoms. The Morgan fingerprint density at radius 1 is 1.18 bits per heavy atom. The summed E-state index contributed by atoms with van der Waals surface area (Å²) in [5.41, 5.74) is 1.27. The molecule has 0 amide bonds. The third-order valence-corrected chi connectivity index (χ3v) is 3.72. The third-order valence-electron chi connectivity index (χ3n) is 3.72. The van der Waals surface area contributed by atoms with Gasteiger partial charge in [0, 0.05) is 6.54 Å². The van der Waals surface area contributed by atoms with Crippen LogP contribution in [0.15, 0.2) is 18.2 Å². The van der Waals surface area contributed by atoms with E-state index in [4.69, 9.17) is 9.47 Å². The number of fused-ring (bicyclic) bond motifs is 1. The van der Waals surface area contributed by atoms with Gasteiger partial charge in [-0.3, -0.25) is 0 Å². The molecule has 0 bridgehead atoms. The van der Waals surface area contributed by atoms with E-state index >= 15 is 0 Å². The van der Waals surface area contributed by atoms with E-state index in [1.165, 1.54) is 31.2 Å². The molecule has 1 N–H and O–H groups in total. The first-order chi connectivity index (χ1) is 8.42. The molecular formula is C14H19NO2. The van der Waals surface area contributed by atoms with Crippen LogP contribution >= 0.6 is 0 Å². The van der Waals surface area contributed by atoms with E-state index in [-0.39, 0.29) is 0 Å². The van der Waals surface area contributed by atoms with Crippen LogP contribution in [0.4, 0.5) is 0 Å². The lowest BCUT2D eigenvalue weighted by molar-refractivity contribution is 0.174. The predicted molar refractivity (Wildman–Crippen MR) is 66.2 cm³/mol. The Balaban J connectivity index is 1.44. The van der Waals surface area contributed by atoms with Crippen LogP contribution in [0.1, 0.15) is 31.2 Å². The molecule has 92 valence electrons. The zero-order valence-electron chi connectivity index (χ0n) is 10.1. The van der Waals surface area contributed by atoms with Gasteiger partial charge >= 0.3 is 0 Å². The summed E-state index contributed by atoms with van der Waals surface area (Å²) in [7, 11) is 0. The number of hydrogen-bond donors (Lipinski definition) is 1. The molecule has 3 rings (SSSR count). The quantitative estimate of drug-likeness (QED) is 0.793. The molecule has 1 aliphatic heterocycles. The van der Waals surface area contributed by atoms with Gasteiger partial charge in [-0.05, 0) is 36.6 Å². The molecule has 3 nitrogen and oxygen atoms in total. The Kier molecular flexibility index (Phi) is 3.18. The minimum absolute atomic E-state index is 0.355. The lowest BCUT2D eigenvalue weighted by atomic mass is 9.83. The SMILES string of the molecule is c1cc2c(cc1CNCCC1CCC1)OCO2. The predicted octanol–water partition coefficient (Wildman–Crippen LogP) is 2.70. The van der Waals surface area contributed by atoms with E-state index in [2.05, 4.69) is 17.4 Å². The Morgan fingerprint density at radius 2 is 2.06 bits per heavy atom. The van der Waals surface area contributed by atoms with Crippen molar-refractivity contribution in [1.82, 2.24) is 5.32 Å². The van der Waals surface area contributed by atoms with Gasteiger partial charge in [0.1, 0.15) is 0 Å². The lowest BCUT2D eigenvalue weighted by Crippen LogP contribution is -2.21. The van der Waals surface area contributed by atoms with Gasteiger partial charge in [0.25, 0.3) is 0 Å². The van der Waals surface area contributed by atoms with E-state index in [1.807, 2.05) is 6.07 Å². The van der Waals surface area contributed by atoms with Crippen molar-refractivity contribution in [3.8, 4) is 11.5 Å². The van der Waals surface area contributed by atoms with Crippen LogP contribution in [-0.4, -0.2) is 13.3 Å². The van der Waals surface area contributed by atoms with Crippen LogP contribution < -0.4 is 14.8 Å². The van der Waals surface area contributed by atoms with E-state index in [9.17, 15) is 0 Å². The molecule has 0 aromatic heterocycles. The van der Waals surface area contributed by atoms with Crippen molar-refractivity contribution in [3.63, 3.8) is 0 Å². The summed E-state index contributed by atoms with van der Waals surface area (Å²) in [5, 5.41) is 3.50. The van der Waals surface area contributed by atoms with Crippen LogP contribution in [0.25, 0.3) is 0 Å². The van der Waals surface area contributed by atoms with E-state index in [0.717, 1.165) is 30.5 Å². The summed E-state index contributed by atoms with van der Waals surface area (Å²) in [4.78, 5) is 0. The molecule has 0 atom stereocenters. The number of nitrogens with one attached hydrogen (secondary N) is 1. The van der Waals surface area contributed by atoms with Crippen molar-refractivity contribution in [2.75, 3.05) is 13.3 Å². The number of rotatable bonds is 5. The van der Waals surface area contributed by atoms with Crippen molar-refractivity contribution in [2.45, 2.75) is 32.2 Å². The van der Waals surface area contributed by atoms with E-state index < -0.39 is 0 Å². The fourth-order valence-corrected chi connectivity index (χ4v) is 2.37. The van der Waals surface area contributed by atoms with E-state index in [0.29, 0.717) is 6.79 Å². The van der Waals surface area contributed by atoms with Crippen molar-refractivity contribution in [1.29, 1.82) is 0 Å². The normalized spacial score (nSPS) is 18.1. The Morgan fingerprint density at radius 3 is 2.88 bits per heavy atom. The molecule has 0 saturated heterocycles. The maximum Gasteiger partial charge on any atom is 0.231 e. The molecule has 2 aliphatic rings. The highest BCUT2D eigenvalue weighted by Crippen LogP contribution is 2.32. The molecule has 1 saturated carbocycles. The average Bonchev–Trinajstić information content (AvgIpc) is 2.73. The number of benzene rings is 1. The zero-order chi connectivity index (χ0) is 11.5. The van der Waals surface area contributed by atoms with Crippen LogP contribution in [0, 0.1) is 5.92 Å². The summed E-state index contributed by atoms with van der Waals surface area (Å²) in [6.07, 6.45) is 5.63. The maximum atomic E-state index is 5.36. The standard InChI is InChI=1S/C14H19NO2/c1-2-11(3-1)6-7-15-9-12-4-5-13-14(8-12)17-10-16-13/h4-5,8,11,15H,1-3,6-7,9-10H2.